The second-order valence-corrected chi connectivity index (χ2v) is 3.87. The molecule has 0 heterocycles. The molecule has 0 aromatic heterocycles. The van der Waals surface area contributed by atoms with Crippen molar-refractivity contribution in [3.63, 3.8) is 0 Å². The number of carbonyl (C=O) groups excluding carboxylic acids is 1. The predicted molar refractivity (Wildman–Crippen MR) is 64.7 cm³/mol. The molecule has 0 radical (unpaired) electrons. The first-order chi connectivity index (χ1) is 7.63. The molecule has 0 bridgehead atoms. The monoisotopic (exact) mass is 216 g/mol. The van der Waals surface area contributed by atoms with Crippen molar-refractivity contribution < 1.29 is 4.79 Å². The van der Waals surface area contributed by atoms with Crippen molar-refractivity contribution in [3.8, 4) is 6.07 Å². The molecule has 0 aliphatic rings. The molecule has 1 atom stereocenters. The maximum Gasteiger partial charge on any atom is 0.150 e. The van der Waals surface area contributed by atoms with Crippen LogP contribution in [-0.2, 0) is 0 Å². The summed E-state index contributed by atoms with van der Waals surface area (Å²) < 4.78 is 0. The quantitative estimate of drug-likeness (QED) is 0.727. The SMILES string of the molecule is CCC(C)N(C)c1ccc(C=O)cc1C#N. The summed E-state index contributed by atoms with van der Waals surface area (Å²) >= 11 is 0. The number of anilines is 1. The van der Waals surface area contributed by atoms with Gasteiger partial charge in [0.25, 0.3) is 0 Å². The van der Waals surface area contributed by atoms with Gasteiger partial charge < -0.3 is 4.90 Å². The summed E-state index contributed by atoms with van der Waals surface area (Å²) in [4.78, 5) is 12.7. The standard InChI is InChI=1S/C13H16N2O/c1-4-10(2)15(3)13-6-5-11(9-16)7-12(13)8-14/h5-7,9-10H,4H2,1-3H3. The third-order valence-corrected chi connectivity index (χ3v) is 2.91. The highest BCUT2D eigenvalue weighted by Crippen LogP contribution is 2.22. The van der Waals surface area contributed by atoms with Gasteiger partial charge in [-0.05, 0) is 31.5 Å². The molecule has 3 heteroatoms. The van der Waals surface area contributed by atoms with E-state index in [1.54, 1.807) is 12.1 Å². The number of hydrogen-bond acceptors (Lipinski definition) is 3. The summed E-state index contributed by atoms with van der Waals surface area (Å²) in [7, 11) is 1.96. The fourth-order valence-corrected chi connectivity index (χ4v) is 1.54. The van der Waals surface area contributed by atoms with Gasteiger partial charge in [-0.15, -0.1) is 0 Å². The smallest absolute Gasteiger partial charge is 0.150 e. The Morgan fingerprint density at radius 1 is 1.56 bits per heavy atom. The van der Waals surface area contributed by atoms with Crippen LogP contribution in [0.3, 0.4) is 0 Å². The largest absolute Gasteiger partial charge is 0.371 e. The topological polar surface area (TPSA) is 44.1 Å². The minimum Gasteiger partial charge on any atom is -0.371 e. The Labute approximate surface area is 96.3 Å². The summed E-state index contributed by atoms with van der Waals surface area (Å²) in [6.07, 6.45) is 1.77. The van der Waals surface area contributed by atoms with Gasteiger partial charge >= 0.3 is 0 Å². The van der Waals surface area contributed by atoms with E-state index in [4.69, 9.17) is 5.26 Å². The van der Waals surface area contributed by atoms with Crippen LogP contribution in [0.2, 0.25) is 0 Å². The Morgan fingerprint density at radius 2 is 2.25 bits per heavy atom. The average Bonchev–Trinajstić information content (AvgIpc) is 2.35. The van der Waals surface area contributed by atoms with E-state index in [0.29, 0.717) is 17.2 Å². The number of carbonyl (C=O) groups is 1. The van der Waals surface area contributed by atoms with Crippen molar-refractivity contribution >= 4 is 12.0 Å². The fourth-order valence-electron chi connectivity index (χ4n) is 1.54. The van der Waals surface area contributed by atoms with Crippen LogP contribution < -0.4 is 4.90 Å². The van der Waals surface area contributed by atoms with Crippen LogP contribution >= 0.6 is 0 Å². The lowest BCUT2D eigenvalue weighted by atomic mass is 10.1. The van der Waals surface area contributed by atoms with Crippen molar-refractivity contribution in [2.24, 2.45) is 0 Å². The highest BCUT2D eigenvalue weighted by atomic mass is 16.1. The van der Waals surface area contributed by atoms with E-state index in [1.807, 2.05) is 13.1 Å². The first kappa shape index (κ1) is 12.3. The molecule has 0 aliphatic heterocycles. The van der Waals surface area contributed by atoms with Crippen molar-refractivity contribution in [2.75, 3.05) is 11.9 Å². The molecule has 0 amide bonds. The van der Waals surface area contributed by atoms with Crippen LogP contribution in [0.25, 0.3) is 0 Å². The summed E-state index contributed by atoms with van der Waals surface area (Å²) in [5.74, 6) is 0. The summed E-state index contributed by atoms with van der Waals surface area (Å²) in [5, 5.41) is 9.05. The number of hydrogen-bond donors (Lipinski definition) is 0. The van der Waals surface area contributed by atoms with E-state index >= 15 is 0 Å². The van der Waals surface area contributed by atoms with Gasteiger partial charge in [0.2, 0.25) is 0 Å². The lowest BCUT2D eigenvalue weighted by Gasteiger charge is -2.26. The molecule has 0 N–H and O–H groups in total. The Bertz CT molecular complexity index is 420. The van der Waals surface area contributed by atoms with Crippen LogP contribution in [0.15, 0.2) is 18.2 Å². The van der Waals surface area contributed by atoms with Crippen LogP contribution in [-0.4, -0.2) is 19.4 Å². The van der Waals surface area contributed by atoms with E-state index < -0.39 is 0 Å². The molecule has 1 aromatic rings. The normalized spacial score (nSPS) is 11.6. The van der Waals surface area contributed by atoms with Gasteiger partial charge in [0, 0.05) is 18.7 Å². The zero-order chi connectivity index (χ0) is 12.1. The average molecular weight is 216 g/mol. The van der Waals surface area contributed by atoms with Crippen molar-refractivity contribution in [3.05, 3.63) is 29.3 Å². The van der Waals surface area contributed by atoms with E-state index in [9.17, 15) is 4.79 Å². The maximum atomic E-state index is 10.6. The highest BCUT2D eigenvalue weighted by molar-refractivity contribution is 5.78. The van der Waals surface area contributed by atoms with Gasteiger partial charge in [-0.1, -0.05) is 6.92 Å². The Kier molecular flexibility index (Phi) is 4.07. The molecule has 1 unspecified atom stereocenters. The van der Waals surface area contributed by atoms with E-state index in [2.05, 4.69) is 24.8 Å². The minimum absolute atomic E-state index is 0.370. The van der Waals surface area contributed by atoms with Crippen molar-refractivity contribution in [1.29, 1.82) is 5.26 Å². The molecule has 1 aromatic carbocycles. The van der Waals surface area contributed by atoms with Gasteiger partial charge in [0.1, 0.15) is 12.4 Å². The van der Waals surface area contributed by atoms with Gasteiger partial charge in [-0.2, -0.15) is 5.26 Å². The molecule has 0 saturated carbocycles. The molecule has 0 fully saturated rings. The Morgan fingerprint density at radius 3 is 2.75 bits per heavy atom. The van der Waals surface area contributed by atoms with Crippen LogP contribution in [0, 0.1) is 11.3 Å². The van der Waals surface area contributed by atoms with E-state index in [1.165, 1.54) is 0 Å². The van der Waals surface area contributed by atoms with Crippen molar-refractivity contribution in [1.82, 2.24) is 0 Å². The molecule has 3 nitrogen and oxygen atoms in total. The molecule has 0 spiro atoms. The maximum absolute atomic E-state index is 10.6. The zero-order valence-corrected chi connectivity index (χ0v) is 9.90. The fraction of sp³-hybridized carbons (Fsp3) is 0.385. The zero-order valence-electron chi connectivity index (χ0n) is 9.90. The molecule has 84 valence electrons. The number of nitriles is 1. The van der Waals surface area contributed by atoms with Crippen LogP contribution in [0.4, 0.5) is 5.69 Å². The van der Waals surface area contributed by atoms with Gasteiger partial charge in [0.15, 0.2) is 0 Å². The summed E-state index contributed by atoms with van der Waals surface area (Å²) in [5.41, 5.74) is 1.97. The Hall–Kier alpha value is -1.82. The molecular weight excluding hydrogens is 200 g/mol. The number of nitrogens with zero attached hydrogens (tertiary/aromatic N) is 2. The second kappa shape index (κ2) is 5.32. The predicted octanol–water partition coefficient (Wildman–Crippen LogP) is 2.61. The van der Waals surface area contributed by atoms with Gasteiger partial charge in [-0.25, -0.2) is 0 Å². The number of aldehydes is 1. The molecule has 16 heavy (non-hydrogen) atoms. The third-order valence-electron chi connectivity index (χ3n) is 2.91. The highest BCUT2D eigenvalue weighted by Gasteiger charge is 2.12. The van der Waals surface area contributed by atoms with Crippen molar-refractivity contribution in [2.45, 2.75) is 26.3 Å². The minimum atomic E-state index is 0.370. The summed E-state index contributed by atoms with van der Waals surface area (Å²) in [6, 6.07) is 7.69. The molecule has 0 saturated heterocycles. The second-order valence-electron chi connectivity index (χ2n) is 3.87. The van der Waals surface area contributed by atoms with E-state index in [0.717, 1.165) is 18.4 Å². The molecule has 1 rings (SSSR count). The first-order valence-electron chi connectivity index (χ1n) is 5.36. The molecule has 0 aliphatic carbocycles. The van der Waals surface area contributed by atoms with Crippen LogP contribution in [0.5, 0.6) is 0 Å². The first-order valence-corrected chi connectivity index (χ1v) is 5.36. The number of rotatable bonds is 4. The Balaban J connectivity index is 3.14. The van der Waals surface area contributed by atoms with Gasteiger partial charge in [-0.3, -0.25) is 4.79 Å². The summed E-state index contributed by atoms with van der Waals surface area (Å²) in [6.45, 7) is 4.21. The van der Waals surface area contributed by atoms with Gasteiger partial charge in [0.05, 0.1) is 11.3 Å². The third kappa shape index (κ3) is 2.40. The number of benzene rings is 1. The lowest BCUT2D eigenvalue weighted by Crippen LogP contribution is -2.28. The van der Waals surface area contributed by atoms with Crippen LogP contribution in [0.1, 0.15) is 36.2 Å². The molecular formula is C13H16N2O. The van der Waals surface area contributed by atoms with E-state index in [-0.39, 0.29) is 0 Å². The lowest BCUT2D eigenvalue weighted by molar-refractivity contribution is 0.112.